The second kappa shape index (κ2) is 11.7. The highest BCUT2D eigenvalue weighted by atomic mass is 35.5. The van der Waals surface area contributed by atoms with E-state index < -0.39 is 0 Å². The molecule has 0 radical (unpaired) electrons. The Kier molecular flexibility index (Phi) is 8.13. The predicted octanol–water partition coefficient (Wildman–Crippen LogP) is 3.48. The highest BCUT2D eigenvalue weighted by molar-refractivity contribution is 6.32. The minimum absolute atomic E-state index is 0.0267. The zero-order valence-corrected chi connectivity index (χ0v) is 22.3. The number of amides is 3. The van der Waals surface area contributed by atoms with Crippen LogP contribution in [0.15, 0.2) is 24.4 Å². The maximum Gasteiger partial charge on any atom is 0.317 e. The van der Waals surface area contributed by atoms with E-state index in [-0.39, 0.29) is 30.7 Å². The van der Waals surface area contributed by atoms with E-state index in [0.717, 1.165) is 55.6 Å². The third-order valence-electron chi connectivity index (χ3n) is 7.53. The number of hydrogen-bond acceptors (Lipinski definition) is 7. The van der Waals surface area contributed by atoms with Crippen molar-refractivity contribution in [2.45, 2.75) is 44.3 Å². The molecule has 0 aliphatic carbocycles. The first-order valence-electron chi connectivity index (χ1n) is 13.2. The van der Waals surface area contributed by atoms with Crippen LogP contribution in [0.1, 0.15) is 41.6 Å². The van der Waals surface area contributed by atoms with Crippen LogP contribution in [-0.4, -0.2) is 95.1 Å². The molecule has 0 atom stereocenters. The van der Waals surface area contributed by atoms with Gasteiger partial charge in [-0.15, -0.1) is 0 Å². The number of fused-ring (bicyclic) bond motifs is 1. The van der Waals surface area contributed by atoms with Gasteiger partial charge in [-0.1, -0.05) is 11.6 Å². The van der Waals surface area contributed by atoms with Crippen LogP contribution in [-0.2, 0) is 6.54 Å². The van der Waals surface area contributed by atoms with Crippen LogP contribution in [0.3, 0.4) is 0 Å². The molecule has 2 aromatic rings. The minimum atomic E-state index is -0.326. The first-order chi connectivity index (χ1) is 18.4. The summed E-state index contributed by atoms with van der Waals surface area (Å²) >= 11 is 6.39. The lowest BCUT2D eigenvalue weighted by Crippen LogP contribution is -2.52. The summed E-state index contributed by atoms with van der Waals surface area (Å²) in [4.78, 5) is 39.4. The van der Waals surface area contributed by atoms with Crippen LogP contribution in [0.25, 0.3) is 0 Å². The van der Waals surface area contributed by atoms with Crippen LogP contribution in [0.5, 0.6) is 0 Å². The van der Waals surface area contributed by atoms with Crippen LogP contribution in [0.2, 0.25) is 5.02 Å². The summed E-state index contributed by atoms with van der Waals surface area (Å²) in [6.45, 7) is 3.65. The summed E-state index contributed by atoms with van der Waals surface area (Å²) in [5, 5.41) is 10.2. The molecule has 5 rings (SSSR count). The number of anilines is 3. The number of carbonyl (C=O) groups is 2. The second-order valence-corrected chi connectivity index (χ2v) is 10.6. The fourth-order valence-electron chi connectivity index (χ4n) is 5.31. The summed E-state index contributed by atoms with van der Waals surface area (Å²) in [5.41, 5.74) is 2.48. The minimum Gasteiger partial charge on any atom is -0.366 e. The van der Waals surface area contributed by atoms with Crippen LogP contribution >= 0.6 is 11.6 Å². The number of rotatable bonds is 7. The fraction of sp³-hybridized carbons (Fsp3) is 0.538. The van der Waals surface area contributed by atoms with Gasteiger partial charge in [0, 0.05) is 69.7 Å². The molecule has 0 spiro atoms. The number of piperidine rings is 2. The molecule has 3 amide bonds. The zero-order chi connectivity index (χ0) is 26.6. The topological polar surface area (TPSA) is 106 Å². The van der Waals surface area contributed by atoms with Crippen LogP contribution < -0.4 is 16.0 Å². The number of alkyl halides is 1. The molecule has 3 aliphatic heterocycles. The lowest BCUT2D eigenvalue weighted by atomic mass is 10.0. The summed E-state index contributed by atoms with van der Waals surface area (Å²) in [6, 6.07) is 5.85. The highest BCUT2D eigenvalue weighted by Crippen LogP contribution is 2.28. The van der Waals surface area contributed by atoms with Gasteiger partial charge in [0.25, 0.3) is 5.91 Å². The van der Waals surface area contributed by atoms with E-state index >= 15 is 0 Å². The van der Waals surface area contributed by atoms with Crippen molar-refractivity contribution in [1.29, 1.82) is 0 Å². The van der Waals surface area contributed by atoms with E-state index in [1.54, 1.807) is 18.1 Å². The summed E-state index contributed by atoms with van der Waals surface area (Å²) < 4.78 is 12.5. The SMILES string of the molecule is CN1Cc2cc(Nc3ncc(Cl)c(NC4CCN(C(=O)NC5CCN(CCF)CC5)CC4)n3)ccc2C1=O. The van der Waals surface area contributed by atoms with Crippen molar-refractivity contribution in [1.82, 2.24) is 30.0 Å². The molecule has 204 valence electrons. The largest absolute Gasteiger partial charge is 0.366 e. The van der Waals surface area contributed by atoms with E-state index in [9.17, 15) is 14.0 Å². The van der Waals surface area contributed by atoms with Gasteiger partial charge in [0.1, 0.15) is 11.7 Å². The van der Waals surface area contributed by atoms with Gasteiger partial charge in [-0.25, -0.2) is 14.2 Å². The molecule has 1 aromatic carbocycles. The average Bonchev–Trinajstić information content (AvgIpc) is 3.20. The average molecular weight is 545 g/mol. The van der Waals surface area contributed by atoms with Gasteiger partial charge in [0.2, 0.25) is 5.95 Å². The number of urea groups is 1. The highest BCUT2D eigenvalue weighted by Gasteiger charge is 2.27. The molecule has 3 aliphatic rings. The first-order valence-corrected chi connectivity index (χ1v) is 13.6. The Hall–Kier alpha value is -3.18. The third-order valence-corrected chi connectivity index (χ3v) is 7.81. The molecule has 0 bridgehead atoms. The number of carbonyl (C=O) groups excluding carboxylic acids is 2. The van der Waals surface area contributed by atoms with Crippen molar-refractivity contribution >= 4 is 41.0 Å². The lowest BCUT2D eigenvalue weighted by Gasteiger charge is -2.36. The number of hydrogen-bond donors (Lipinski definition) is 3. The Bertz CT molecular complexity index is 1170. The van der Waals surface area contributed by atoms with Gasteiger partial charge in [0.15, 0.2) is 5.82 Å². The Labute approximate surface area is 226 Å². The molecule has 0 saturated carbocycles. The fourth-order valence-corrected chi connectivity index (χ4v) is 5.45. The van der Waals surface area contributed by atoms with Gasteiger partial charge < -0.3 is 30.7 Å². The maximum absolute atomic E-state index is 12.8. The Morgan fingerprint density at radius 2 is 1.87 bits per heavy atom. The van der Waals surface area contributed by atoms with Crippen LogP contribution in [0.4, 0.5) is 26.6 Å². The number of nitrogens with zero attached hydrogens (tertiary/aromatic N) is 5. The Balaban J connectivity index is 1.11. The van der Waals surface area contributed by atoms with E-state index in [0.29, 0.717) is 43.0 Å². The molecule has 3 N–H and O–H groups in total. The van der Waals surface area contributed by atoms with Gasteiger partial charge in [-0.05, 0) is 49.4 Å². The number of nitrogens with one attached hydrogen (secondary N) is 3. The molecule has 10 nitrogen and oxygen atoms in total. The lowest BCUT2D eigenvalue weighted by molar-refractivity contribution is 0.0816. The van der Waals surface area contributed by atoms with E-state index in [1.165, 1.54) is 0 Å². The van der Waals surface area contributed by atoms with Crippen molar-refractivity contribution in [2.24, 2.45) is 0 Å². The Morgan fingerprint density at radius 3 is 2.61 bits per heavy atom. The molecular formula is C26H34ClFN8O2. The van der Waals surface area contributed by atoms with Crippen molar-refractivity contribution in [3.8, 4) is 0 Å². The summed E-state index contributed by atoms with van der Waals surface area (Å²) in [6.07, 6.45) is 4.82. The van der Waals surface area contributed by atoms with Crippen molar-refractivity contribution in [3.63, 3.8) is 0 Å². The molecule has 0 unspecified atom stereocenters. The molecular weight excluding hydrogens is 511 g/mol. The number of halogens is 2. The van der Waals surface area contributed by atoms with Gasteiger partial charge in [-0.2, -0.15) is 4.98 Å². The van der Waals surface area contributed by atoms with Gasteiger partial charge in [-0.3, -0.25) is 4.79 Å². The Morgan fingerprint density at radius 1 is 1.13 bits per heavy atom. The molecule has 38 heavy (non-hydrogen) atoms. The maximum atomic E-state index is 12.8. The van der Waals surface area contributed by atoms with E-state index in [4.69, 9.17) is 11.6 Å². The molecule has 2 fully saturated rings. The summed E-state index contributed by atoms with van der Waals surface area (Å²) in [7, 11) is 1.79. The van der Waals surface area contributed by atoms with Crippen molar-refractivity contribution < 1.29 is 14.0 Å². The van der Waals surface area contributed by atoms with E-state index in [1.807, 2.05) is 23.1 Å². The second-order valence-electron chi connectivity index (χ2n) is 10.2. The van der Waals surface area contributed by atoms with Gasteiger partial charge >= 0.3 is 6.03 Å². The third kappa shape index (κ3) is 6.10. The van der Waals surface area contributed by atoms with Gasteiger partial charge in [0.05, 0.1) is 6.20 Å². The van der Waals surface area contributed by atoms with Crippen molar-refractivity contribution in [3.05, 3.63) is 40.5 Å². The number of likely N-dealkylation sites (tertiary alicyclic amines) is 2. The van der Waals surface area contributed by atoms with Crippen molar-refractivity contribution in [2.75, 3.05) is 57.1 Å². The standard InChI is InChI=1S/C26H34ClFN8O2/c1-34-16-17-14-20(2-3-21(17)24(34)37)31-25-29-15-22(27)23(33-25)30-18-6-11-36(12-7-18)26(38)32-19-4-9-35(10-5-19)13-8-28/h2-3,14-15,18-19H,4-13,16H2,1H3,(H,32,38)(H2,29,30,31,33). The first kappa shape index (κ1) is 26.4. The smallest absolute Gasteiger partial charge is 0.317 e. The predicted molar refractivity (Wildman–Crippen MR) is 145 cm³/mol. The van der Waals surface area contributed by atoms with E-state index in [2.05, 4.69) is 30.8 Å². The number of benzene rings is 1. The molecule has 2 saturated heterocycles. The van der Waals surface area contributed by atoms with Crippen LogP contribution in [0, 0.1) is 0 Å². The normalized spacial score (nSPS) is 19.0. The zero-order valence-electron chi connectivity index (χ0n) is 21.6. The molecule has 1 aromatic heterocycles. The molecule has 12 heteroatoms. The summed E-state index contributed by atoms with van der Waals surface area (Å²) in [5.74, 6) is 0.979. The molecule has 4 heterocycles. The quantitative estimate of drug-likeness (QED) is 0.490. The monoisotopic (exact) mass is 544 g/mol. The number of aromatic nitrogens is 2.